The van der Waals surface area contributed by atoms with Crippen molar-refractivity contribution in [3.63, 3.8) is 0 Å². The molecule has 0 saturated heterocycles. The molecule has 0 radical (unpaired) electrons. The summed E-state index contributed by atoms with van der Waals surface area (Å²) in [5.41, 5.74) is 3.20. The Morgan fingerprint density at radius 1 is 1.29 bits per heavy atom. The number of hydrogen-bond donors (Lipinski definition) is 1. The quantitative estimate of drug-likeness (QED) is 0.919. The van der Waals surface area contributed by atoms with Crippen molar-refractivity contribution >= 4 is 11.6 Å². The van der Waals surface area contributed by atoms with Gasteiger partial charge in [0.25, 0.3) is 0 Å². The van der Waals surface area contributed by atoms with Crippen molar-refractivity contribution in [1.82, 2.24) is 0 Å². The Hall–Kier alpha value is -1.35. The van der Waals surface area contributed by atoms with Gasteiger partial charge in [0.2, 0.25) is 5.91 Å². The number of carbonyl (C=O) groups is 1. The van der Waals surface area contributed by atoms with Gasteiger partial charge in [-0.1, -0.05) is 37.8 Å². The SMILES string of the molecule is CN1C(=O)CCc2cc(C(O)CCC3CCCC3)ccc21. The normalized spacial score (nSPS) is 20.7. The van der Waals surface area contributed by atoms with Gasteiger partial charge in [0.1, 0.15) is 0 Å². The van der Waals surface area contributed by atoms with Crippen molar-refractivity contribution < 1.29 is 9.90 Å². The Kier molecular flexibility index (Phi) is 4.29. The largest absolute Gasteiger partial charge is 0.388 e. The van der Waals surface area contributed by atoms with E-state index >= 15 is 0 Å². The molecule has 1 aromatic rings. The van der Waals surface area contributed by atoms with E-state index in [0.29, 0.717) is 6.42 Å². The minimum absolute atomic E-state index is 0.178. The van der Waals surface area contributed by atoms with Gasteiger partial charge < -0.3 is 10.0 Å². The van der Waals surface area contributed by atoms with E-state index in [-0.39, 0.29) is 12.0 Å². The highest BCUT2D eigenvalue weighted by Crippen LogP contribution is 2.33. The van der Waals surface area contributed by atoms with E-state index in [1.807, 2.05) is 19.2 Å². The maximum absolute atomic E-state index is 11.7. The van der Waals surface area contributed by atoms with Gasteiger partial charge in [0, 0.05) is 19.2 Å². The first-order chi connectivity index (χ1) is 10.1. The molecule has 1 aliphatic heterocycles. The fourth-order valence-corrected chi connectivity index (χ4v) is 3.74. The number of rotatable bonds is 4. The number of aliphatic hydroxyl groups excluding tert-OH is 1. The minimum Gasteiger partial charge on any atom is -0.388 e. The fraction of sp³-hybridized carbons (Fsp3) is 0.611. The van der Waals surface area contributed by atoms with Gasteiger partial charge in [-0.15, -0.1) is 0 Å². The van der Waals surface area contributed by atoms with E-state index in [4.69, 9.17) is 0 Å². The number of fused-ring (bicyclic) bond motifs is 1. The molecule has 21 heavy (non-hydrogen) atoms. The zero-order chi connectivity index (χ0) is 14.8. The Bertz CT molecular complexity index is 520. The summed E-state index contributed by atoms with van der Waals surface area (Å²) < 4.78 is 0. The van der Waals surface area contributed by atoms with Gasteiger partial charge in [0.05, 0.1) is 6.10 Å². The predicted molar refractivity (Wildman–Crippen MR) is 84.3 cm³/mol. The summed E-state index contributed by atoms with van der Waals surface area (Å²) in [6, 6.07) is 6.06. The average Bonchev–Trinajstić information content (AvgIpc) is 3.01. The molecule has 1 aromatic carbocycles. The van der Waals surface area contributed by atoms with Crippen LogP contribution in [0.2, 0.25) is 0 Å². The van der Waals surface area contributed by atoms with Gasteiger partial charge in [-0.25, -0.2) is 0 Å². The van der Waals surface area contributed by atoms with E-state index < -0.39 is 0 Å². The lowest BCUT2D eigenvalue weighted by molar-refractivity contribution is -0.118. The highest BCUT2D eigenvalue weighted by Gasteiger charge is 2.22. The number of nitrogens with zero attached hydrogens (tertiary/aromatic N) is 1. The predicted octanol–water partition coefficient (Wildman–Crippen LogP) is 3.60. The van der Waals surface area contributed by atoms with Gasteiger partial charge in [-0.3, -0.25) is 4.79 Å². The molecule has 1 atom stereocenters. The maximum atomic E-state index is 11.7. The van der Waals surface area contributed by atoms with Crippen molar-refractivity contribution in [3.8, 4) is 0 Å². The number of amides is 1. The van der Waals surface area contributed by atoms with Crippen molar-refractivity contribution in [2.24, 2.45) is 5.92 Å². The summed E-state index contributed by atoms with van der Waals surface area (Å²) in [5, 5.41) is 10.4. The van der Waals surface area contributed by atoms with Crippen LogP contribution >= 0.6 is 0 Å². The molecule has 0 aromatic heterocycles. The lowest BCUT2D eigenvalue weighted by atomic mass is 9.93. The first-order valence-corrected chi connectivity index (χ1v) is 8.22. The molecular weight excluding hydrogens is 262 g/mol. The first-order valence-electron chi connectivity index (χ1n) is 8.22. The molecular formula is C18H25NO2. The van der Waals surface area contributed by atoms with Crippen LogP contribution in [-0.2, 0) is 11.2 Å². The summed E-state index contributed by atoms with van der Waals surface area (Å²) >= 11 is 0. The molecule has 1 N–H and O–H groups in total. The van der Waals surface area contributed by atoms with Crippen LogP contribution in [-0.4, -0.2) is 18.1 Å². The highest BCUT2D eigenvalue weighted by atomic mass is 16.3. The van der Waals surface area contributed by atoms with Crippen LogP contribution in [0.25, 0.3) is 0 Å². The van der Waals surface area contributed by atoms with E-state index in [9.17, 15) is 9.90 Å². The van der Waals surface area contributed by atoms with Crippen molar-refractivity contribution in [2.45, 2.75) is 57.5 Å². The molecule has 1 aliphatic carbocycles. The molecule has 1 heterocycles. The molecule has 1 fully saturated rings. The summed E-state index contributed by atoms with van der Waals surface area (Å²) in [6.45, 7) is 0. The van der Waals surface area contributed by atoms with Gasteiger partial charge in [-0.2, -0.15) is 0 Å². The second-order valence-electron chi connectivity index (χ2n) is 6.58. The molecule has 3 nitrogen and oxygen atoms in total. The van der Waals surface area contributed by atoms with Gasteiger partial charge in [0.15, 0.2) is 0 Å². The molecule has 3 rings (SSSR count). The number of aryl methyl sites for hydroxylation is 1. The minimum atomic E-state index is -0.362. The number of benzene rings is 1. The van der Waals surface area contributed by atoms with Crippen LogP contribution in [0, 0.1) is 5.92 Å². The zero-order valence-corrected chi connectivity index (χ0v) is 12.8. The highest BCUT2D eigenvalue weighted by molar-refractivity contribution is 5.95. The molecule has 2 aliphatic rings. The smallest absolute Gasteiger partial charge is 0.227 e. The summed E-state index contributed by atoms with van der Waals surface area (Å²) in [5.74, 6) is 0.998. The van der Waals surface area contributed by atoms with Crippen LogP contribution in [0.15, 0.2) is 18.2 Å². The monoisotopic (exact) mass is 287 g/mol. The van der Waals surface area contributed by atoms with Crippen molar-refractivity contribution in [2.75, 3.05) is 11.9 Å². The molecule has 3 heteroatoms. The molecule has 0 bridgehead atoms. The zero-order valence-electron chi connectivity index (χ0n) is 12.8. The fourth-order valence-electron chi connectivity index (χ4n) is 3.74. The van der Waals surface area contributed by atoms with Crippen LogP contribution < -0.4 is 4.90 Å². The number of hydrogen-bond acceptors (Lipinski definition) is 2. The topological polar surface area (TPSA) is 40.5 Å². The van der Waals surface area contributed by atoms with E-state index in [1.165, 1.54) is 31.2 Å². The maximum Gasteiger partial charge on any atom is 0.227 e. The third-order valence-electron chi connectivity index (χ3n) is 5.16. The summed E-state index contributed by atoms with van der Waals surface area (Å²) in [6.07, 6.45) is 8.40. The third kappa shape index (κ3) is 3.13. The van der Waals surface area contributed by atoms with Crippen LogP contribution in [0.5, 0.6) is 0 Å². The summed E-state index contributed by atoms with van der Waals surface area (Å²) in [7, 11) is 1.83. The Morgan fingerprint density at radius 2 is 2.05 bits per heavy atom. The third-order valence-corrected chi connectivity index (χ3v) is 5.16. The van der Waals surface area contributed by atoms with Crippen LogP contribution in [0.1, 0.15) is 62.2 Å². The van der Waals surface area contributed by atoms with Crippen molar-refractivity contribution in [1.29, 1.82) is 0 Å². The molecule has 1 amide bonds. The number of aliphatic hydroxyl groups is 1. The molecule has 1 unspecified atom stereocenters. The van der Waals surface area contributed by atoms with Crippen LogP contribution in [0.3, 0.4) is 0 Å². The lowest BCUT2D eigenvalue weighted by Crippen LogP contribution is -2.31. The van der Waals surface area contributed by atoms with E-state index in [1.54, 1.807) is 4.90 Å². The van der Waals surface area contributed by atoms with Gasteiger partial charge >= 0.3 is 0 Å². The lowest BCUT2D eigenvalue weighted by Gasteiger charge is -2.26. The standard InChI is InChI=1S/C18H25NO2/c1-19-16-9-7-15(12-14(16)8-11-18(19)21)17(20)10-6-13-4-2-3-5-13/h7,9,12-13,17,20H,2-6,8,10-11H2,1H3. The van der Waals surface area contributed by atoms with Gasteiger partial charge in [-0.05, 0) is 42.4 Å². The average molecular weight is 287 g/mol. The molecule has 0 spiro atoms. The number of anilines is 1. The van der Waals surface area contributed by atoms with Crippen molar-refractivity contribution in [3.05, 3.63) is 29.3 Å². The number of carbonyl (C=O) groups excluding carboxylic acids is 1. The first kappa shape index (κ1) is 14.6. The van der Waals surface area contributed by atoms with E-state index in [0.717, 1.165) is 36.4 Å². The Labute approximate surface area is 127 Å². The Balaban J connectivity index is 1.66. The summed E-state index contributed by atoms with van der Waals surface area (Å²) in [4.78, 5) is 13.4. The second-order valence-corrected chi connectivity index (χ2v) is 6.58. The van der Waals surface area contributed by atoms with E-state index in [2.05, 4.69) is 6.07 Å². The van der Waals surface area contributed by atoms with Crippen LogP contribution in [0.4, 0.5) is 5.69 Å². The second kappa shape index (κ2) is 6.18. The molecule has 1 saturated carbocycles. The Morgan fingerprint density at radius 3 is 2.81 bits per heavy atom. The molecule has 114 valence electrons.